The molecule has 4 heterocycles. The number of nitrogens with zero attached hydrogens (tertiary/aromatic N) is 7. The van der Waals surface area contributed by atoms with Gasteiger partial charge in [0.15, 0.2) is 5.65 Å². The first-order valence-electron chi connectivity index (χ1n) is 10.1. The summed E-state index contributed by atoms with van der Waals surface area (Å²) < 4.78 is 2.67. The van der Waals surface area contributed by atoms with Gasteiger partial charge in [-0.2, -0.15) is 0 Å². The minimum absolute atomic E-state index is 0.0678. The summed E-state index contributed by atoms with van der Waals surface area (Å²) in [4.78, 5) is 22.3. The van der Waals surface area contributed by atoms with Crippen LogP contribution in [0.25, 0.3) is 28.0 Å². The van der Waals surface area contributed by atoms with Gasteiger partial charge in [0.2, 0.25) is 5.95 Å². The maximum absolute atomic E-state index is 13.2. The van der Waals surface area contributed by atoms with Gasteiger partial charge in [-0.25, -0.2) is 18.9 Å². The van der Waals surface area contributed by atoms with Gasteiger partial charge in [0.25, 0.3) is 0 Å². The van der Waals surface area contributed by atoms with Crippen molar-refractivity contribution in [2.75, 3.05) is 5.73 Å². The Labute approximate surface area is 182 Å². The van der Waals surface area contributed by atoms with Crippen LogP contribution in [0.3, 0.4) is 0 Å². The second kappa shape index (κ2) is 7.41. The van der Waals surface area contributed by atoms with Crippen molar-refractivity contribution in [2.45, 2.75) is 27.3 Å². The highest BCUT2D eigenvalue weighted by Crippen LogP contribution is 2.34. The normalized spacial score (nSPS) is 11.3. The molecule has 0 radical (unpaired) electrons. The van der Waals surface area contributed by atoms with Crippen LogP contribution in [-0.4, -0.2) is 39.6 Å². The Balaban J connectivity index is 1.84. The van der Waals surface area contributed by atoms with Crippen LogP contribution < -0.4 is 11.4 Å². The van der Waals surface area contributed by atoms with Crippen molar-refractivity contribution in [3.8, 4) is 22.4 Å². The highest BCUT2D eigenvalue weighted by molar-refractivity contribution is 5.90. The van der Waals surface area contributed by atoms with E-state index in [1.54, 1.807) is 0 Å². The van der Waals surface area contributed by atoms with Crippen LogP contribution in [0, 0.1) is 20.8 Å². The zero-order valence-corrected chi connectivity index (χ0v) is 17.9. The maximum atomic E-state index is 13.2. The number of aromatic amines is 1. The Bertz CT molecular complexity index is 1490. The molecule has 0 spiro atoms. The van der Waals surface area contributed by atoms with Gasteiger partial charge in [0, 0.05) is 17.0 Å². The molecule has 0 saturated carbocycles. The van der Waals surface area contributed by atoms with E-state index < -0.39 is 5.69 Å². The predicted octanol–water partition coefficient (Wildman–Crippen LogP) is 2.29. The molecule has 5 aromatic rings. The number of H-pyrrole nitrogens is 1. The molecule has 3 N–H and O–H groups in total. The summed E-state index contributed by atoms with van der Waals surface area (Å²) in [6.07, 6.45) is 0. The summed E-state index contributed by atoms with van der Waals surface area (Å²) in [5.41, 5.74) is 12.5. The molecular weight excluding hydrogens is 406 g/mol. The number of hydrogen-bond donors (Lipinski definition) is 2. The van der Waals surface area contributed by atoms with E-state index in [0.717, 1.165) is 28.2 Å². The van der Waals surface area contributed by atoms with E-state index in [0.29, 0.717) is 22.6 Å². The molecule has 10 heteroatoms. The molecule has 5 rings (SSSR count). The van der Waals surface area contributed by atoms with Crippen LogP contribution in [0.15, 0.2) is 47.3 Å². The fourth-order valence-electron chi connectivity index (χ4n) is 3.85. The van der Waals surface area contributed by atoms with E-state index in [1.807, 2.05) is 63.2 Å². The molecule has 0 bridgehead atoms. The second-order valence-corrected chi connectivity index (χ2v) is 7.68. The number of rotatable bonds is 4. The first kappa shape index (κ1) is 19.6. The van der Waals surface area contributed by atoms with Crippen molar-refractivity contribution >= 4 is 11.6 Å². The van der Waals surface area contributed by atoms with Gasteiger partial charge in [-0.05, 0) is 38.5 Å². The molecule has 4 aromatic heterocycles. The van der Waals surface area contributed by atoms with E-state index in [4.69, 9.17) is 5.73 Å². The Hall–Kier alpha value is -4.34. The van der Waals surface area contributed by atoms with Gasteiger partial charge in [-0.15, -0.1) is 10.2 Å². The third-order valence-electron chi connectivity index (χ3n) is 5.29. The van der Waals surface area contributed by atoms with Crippen molar-refractivity contribution in [3.05, 3.63) is 75.7 Å². The largest absolute Gasteiger partial charge is 0.369 e. The highest BCUT2D eigenvalue weighted by Gasteiger charge is 2.22. The molecule has 0 unspecified atom stereocenters. The minimum Gasteiger partial charge on any atom is -0.369 e. The Morgan fingerprint density at radius 1 is 1.00 bits per heavy atom. The van der Waals surface area contributed by atoms with Gasteiger partial charge >= 0.3 is 5.69 Å². The third kappa shape index (κ3) is 3.22. The average Bonchev–Trinajstić information content (AvgIpc) is 3.31. The average molecular weight is 427 g/mol. The number of aromatic nitrogens is 8. The lowest BCUT2D eigenvalue weighted by atomic mass is 9.99. The number of hydrogen-bond acceptors (Lipinski definition) is 7. The molecule has 0 aliphatic heterocycles. The first-order chi connectivity index (χ1) is 15.4. The number of nitrogen functional groups attached to an aromatic ring is 1. The summed E-state index contributed by atoms with van der Waals surface area (Å²) in [5, 5.41) is 15.3. The van der Waals surface area contributed by atoms with Crippen LogP contribution >= 0.6 is 0 Å². The number of aryl methyl sites for hydroxylation is 3. The lowest BCUT2D eigenvalue weighted by Gasteiger charge is -2.13. The highest BCUT2D eigenvalue weighted by atomic mass is 16.2. The van der Waals surface area contributed by atoms with E-state index in [2.05, 4.69) is 30.5 Å². The standard InChI is InChI=1S/C22H21N9O/c1-12-9-16(10-13(2)24-12)18-19(15-7-5-4-6-8-15)25-21(23)31-20(18)28-30(22(31)32)11-17-14(3)26-29-27-17/h4-10H,11H2,1-3H3,(H2,23,25)(H,26,27,29). The number of benzene rings is 1. The monoisotopic (exact) mass is 427 g/mol. The van der Waals surface area contributed by atoms with E-state index in [1.165, 1.54) is 9.08 Å². The molecule has 0 aliphatic rings. The maximum Gasteiger partial charge on any atom is 0.353 e. The molecule has 10 nitrogen and oxygen atoms in total. The van der Waals surface area contributed by atoms with Gasteiger partial charge in [-0.3, -0.25) is 10.1 Å². The van der Waals surface area contributed by atoms with Crippen LogP contribution in [0.1, 0.15) is 22.8 Å². The molecule has 0 aliphatic carbocycles. The summed E-state index contributed by atoms with van der Waals surface area (Å²) in [6.45, 7) is 5.86. The van der Waals surface area contributed by atoms with Crippen molar-refractivity contribution in [2.24, 2.45) is 0 Å². The van der Waals surface area contributed by atoms with Crippen LogP contribution in [0.4, 0.5) is 5.95 Å². The Kier molecular flexibility index (Phi) is 4.54. The van der Waals surface area contributed by atoms with E-state index in [9.17, 15) is 4.79 Å². The molecule has 0 amide bonds. The molecule has 0 fully saturated rings. The zero-order valence-electron chi connectivity index (χ0n) is 17.9. The zero-order chi connectivity index (χ0) is 22.4. The van der Waals surface area contributed by atoms with Crippen molar-refractivity contribution in [1.82, 2.24) is 39.6 Å². The van der Waals surface area contributed by atoms with Crippen LogP contribution in [0.5, 0.6) is 0 Å². The topological polar surface area (TPSA) is 133 Å². The number of anilines is 1. The number of nitrogens with one attached hydrogen (secondary N) is 1. The Morgan fingerprint density at radius 2 is 1.72 bits per heavy atom. The summed E-state index contributed by atoms with van der Waals surface area (Å²) >= 11 is 0. The van der Waals surface area contributed by atoms with Crippen molar-refractivity contribution < 1.29 is 0 Å². The van der Waals surface area contributed by atoms with Crippen molar-refractivity contribution in [3.63, 3.8) is 0 Å². The fraction of sp³-hybridized carbons (Fsp3) is 0.182. The first-order valence-corrected chi connectivity index (χ1v) is 10.1. The van der Waals surface area contributed by atoms with Gasteiger partial charge < -0.3 is 5.73 Å². The van der Waals surface area contributed by atoms with Gasteiger partial charge in [0.05, 0.1) is 23.5 Å². The molecule has 1 aromatic carbocycles. The third-order valence-corrected chi connectivity index (χ3v) is 5.29. The molecule has 0 saturated heterocycles. The molecule has 160 valence electrons. The predicted molar refractivity (Wildman–Crippen MR) is 120 cm³/mol. The minimum atomic E-state index is -0.393. The lowest BCUT2D eigenvalue weighted by Crippen LogP contribution is -2.24. The number of pyridine rings is 1. The molecule has 32 heavy (non-hydrogen) atoms. The fourth-order valence-corrected chi connectivity index (χ4v) is 3.85. The molecular formula is C22H21N9O. The number of fused-ring (bicyclic) bond motifs is 1. The number of nitrogens with two attached hydrogens (primary N) is 1. The lowest BCUT2D eigenvalue weighted by molar-refractivity contribution is 0.642. The quantitative estimate of drug-likeness (QED) is 0.449. The molecule has 0 atom stereocenters. The van der Waals surface area contributed by atoms with Crippen LogP contribution in [0.2, 0.25) is 0 Å². The van der Waals surface area contributed by atoms with Gasteiger partial charge in [0.1, 0.15) is 5.69 Å². The summed E-state index contributed by atoms with van der Waals surface area (Å²) in [5.74, 6) is 0.0678. The van der Waals surface area contributed by atoms with E-state index >= 15 is 0 Å². The SMILES string of the molecule is Cc1cc(-c2c(-c3ccccc3)nc(N)n3c(=O)n(Cc4nn[nH]c4C)nc23)cc(C)n1. The second-order valence-electron chi connectivity index (χ2n) is 7.68. The Morgan fingerprint density at radius 3 is 2.38 bits per heavy atom. The van der Waals surface area contributed by atoms with Gasteiger partial charge in [-0.1, -0.05) is 35.5 Å². The van der Waals surface area contributed by atoms with E-state index in [-0.39, 0.29) is 12.5 Å². The summed E-state index contributed by atoms with van der Waals surface area (Å²) in [7, 11) is 0. The smallest absolute Gasteiger partial charge is 0.353 e. The van der Waals surface area contributed by atoms with Crippen molar-refractivity contribution in [1.29, 1.82) is 0 Å². The summed E-state index contributed by atoms with van der Waals surface area (Å²) in [6, 6.07) is 13.6. The van der Waals surface area contributed by atoms with Crippen LogP contribution in [-0.2, 0) is 6.54 Å².